The van der Waals surface area contributed by atoms with Crippen molar-refractivity contribution >= 4 is 17.4 Å². The van der Waals surface area contributed by atoms with Crippen LogP contribution in [0.3, 0.4) is 0 Å². The van der Waals surface area contributed by atoms with Gasteiger partial charge < -0.3 is 5.43 Å². The number of aliphatic imine (C=N–C) groups is 1. The van der Waals surface area contributed by atoms with Gasteiger partial charge >= 0.3 is 0 Å². The van der Waals surface area contributed by atoms with Crippen LogP contribution in [-0.4, -0.2) is 22.5 Å². The van der Waals surface area contributed by atoms with Gasteiger partial charge in [0.05, 0.1) is 5.69 Å². The van der Waals surface area contributed by atoms with Crippen molar-refractivity contribution in [2.24, 2.45) is 10.8 Å². The molecule has 14 heavy (non-hydrogen) atoms. The Hall–Kier alpha value is -1.01. The molecule has 0 saturated heterocycles. The fourth-order valence-electron chi connectivity index (χ4n) is 1.07. The first-order valence-electron chi connectivity index (χ1n) is 4.27. The Morgan fingerprint density at radius 3 is 2.57 bits per heavy atom. The molecule has 78 valence electrons. The molecule has 5 nitrogen and oxygen atoms in total. The molecule has 3 N–H and O–H groups in total. The third kappa shape index (κ3) is 2.08. The summed E-state index contributed by atoms with van der Waals surface area (Å²) < 4.78 is 3.92. The smallest absolute Gasteiger partial charge is 0.156 e. The van der Waals surface area contributed by atoms with Gasteiger partial charge in [0.25, 0.3) is 0 Å². The maximum atomic E-state index is 5.36. The van der Waals surface area contributed by atoms with E-state index in [4.69, 9.17) is 5.84 Å². The lowest BCUT2D eigenvalue weighted by Gasteiger charge is -2.16. The van der Waals surface area contributed by atoms with Crippen molar-refractivity contribution in [1.82, 2.24) is 15.0 Å². The van der Waals surface area contributed by atoms with Gasteiger partial charge in [0.15, 0.2) is 5.84 Å². The second kappa shape index (κ2) is 4.02. The largest absolute Gasteiger partial charge is 0.307 e. The van der Waals surface area contributed by atoms with Crippen molar-refractivity contribution in [3.63, 3.8) is 0 Å². The molecule has 1 heterocycles. The minimum atomic E-state index is -0.0465. The zero-order chi connectivity index (χ0) is 10.8. The van der Waals surface area contributed by atoms with Gasteiger partial charge in [-0.3, -0.25) is 4.99 Å². The van der Waals surface area contributed by atoms with Gasteiger partial charge in [0.1, 0.15) is 4.88 Å². The van der Waals surface area contributed by atoms with E-state index < -0.39 is 0 Å². The zero-order valence-electron chi connectivity index (χ0n) is 8.83. The molecule has 0 aliphatic rings. The maximum absolute atomic E-state index is 5.36. The van der Waals surface area contributed by atoms with E-state index >= 15 is 0 Å². The standard InChI is InChI=1S/C8H15N5S/c1-8(2,3)6-5(14-13-12-6)7(10-4)11-9/h9H2,1-4H3,(H,10,11). The van der Waals surface area contributed by atoms with E-state index in [1.54, 1.807) is 7.05 Å². The fourth-order valence-corrected chi connectivity index (χ4v) is 1.94. The van der Waals surface area contributed by atoms with Gasteiger partial charge in [0.2, 0.25) is 0 Å². The number of hydrogen-bond acceptors (Lipinski definition) is 5. The Balaban J connectivity index is 3.17. The zero-order valence-corrected chi connectivity index (χ0v) is 9.64. The molecule has 6 heteroatoms. The molecule has 0 saturated carbocycles. The number of nitrogens with two attached hydrogens (primary N) is 1. The average Bonchev–Trinajstić information content (AvgIpc) is 2.54. The number of nitrogens with one attached hydrogen (secondary N) is 1. The van der Waals surface area contributed by atoms with E-state index in [1.807, 2.05) is 0 Å². The van der Waals surface area contributed by atoms with Gasteiger partial charge in [-0.15, -0.1) is 5.10 Å². The van der Waals surface area contributed by atoms with Gasteiger partial charge in [0, 0.05) is 12.5 Å². The second-order valence-electron chi connectivity index (χ2n) is 3.92. The minimum Gasteiger partial charge on any atom is -0.307 e. The molecule has 0 amide bonds. The van der Waals surface area contributed by atoms with E-state index in [0.717, 1.165) is 10.6 Å². The molecule has 1 aromatic heterocycles. The van der Waals surface area contributed by atoms with Crippen LogP contribution in [-0.2, 0) is 5.41 Å². The number of hydrogen-bond donors (Lipinski definition) is 2. The quantitative estimate of drug-likeness (QED) is 0.311. The molecular weight excluding hydrogens is 198 g/mol. The Morgan fingerprint density at radius 2 is 2.14 bits per heavy atom. The Labute approximate surface area is 87.6 Å². The predicted octanol–water partition coefficient (Wildman–Crippen LogP) is 0.675. The first-order chi connectivity index (χ1) is 6.50. The number of amidine groups is 1. The van der Waals surface area contributed by atoms with Crippen molar-refractivity contribution in [3.05, 3.63) is 10.6 Å². The molecule has 0 aromatic carbocycles. The lowest BCUT2D eigenvalue weighted by atomic mass is 9.91. The monoisotopic (exact) mass is 213 g/mol. The highest BCUT2D eigenvalue weighted by atomic mass is 32.1. The van der Waals surface area contributed by atoms with Gasteiger partial charge in [-0.1, -0.05) is 25.3 Å². The van der Waals surface area contributed by atoms with Gasteiger partial charge in [-0.05, 0) is 11.5 Å². The first-order valence-corrected chi connectivity index (χ1v) is 5.04. The highest BCUT2D eigenvalue weighted by Gasteiger charge is 2.24. The highest BCUT2D eigenvalue weighted by molar-refractivity contribution is 7.08. The van der Waals surface area contributed by atoms with Crippen LogP contribution in [0.1, 0.15) is 31.3 Å². The van der Waals surface area contributed by atoms with E-state index in [2.05, 4.69) is 40.8 Å². The maximum Gasteiger partial charge on any atom is 0.156 e. The SMILES string of the molecule is CN=C(NN)c1snnc1C(C)(C)C. The van der Waals surface area contributed by atoms with Gasteiger partial charge in [-0.2, -0.15) is 0 Å². The van der Waals surface area contributed by atoms with Crippen molar-refractivity contribution in [2.75, 3.05) is 7.05 Å². The summed E-state index contributed by atoms with van der Waals surface area (Å²) in [5.74, 6) is 5.99. The minimum absolute atomic E-state index is 0.0465. The van der Waals surface area contributed by atoms with Crippen LogP contribution in [0.15, 0.2) is 4.99 Å². The molecule has 0 bridgehead atoms. The summed E-state index contributed by atoms with van der Waals surface area (Å²) >= 11 is 1.30. The second-order valence-corrected chi connectivity index (χ2v) is 4.67. The van der Waals surface area contributed by atoms with E-state index in [0.29, 0.717) is 5.84 Å². The Morgan fingerprint density at radius 1 is 1.50 bits per heavy atom. The van der Waals surface area contributed by atoms with E-state index in [9.17, 15) is 0 Å². The van der Waals surface area contributed by atoms with Crippen LogP contribution in [0, 0.1) is 0 Å². The number of hydrazine groups is 1. The highest BCUT2D eigenvalue weighted by Crippen LogP contribution is 2.25. The molecule has 0 aliphatic heterocycles. The lowest BCUT2D eigenvalue weighted by Crippen LogP contribution is -2.32. The third-order valence-electron chi connectivity index (χ3n) is 1.77. The molecule has 0 unspecified atom stereocenters. The molecule has 1 aromatic rings. The van der Waals surface area contributed by atoms with Crippen molar-refractivity contribution in [2.45, 2.75) is 26.2 Å². The third-order valence-corrected chi connectivity index (χ3v) is 2.51. The summed E-state index contributed by atoms with van der Waals surface area (Å²) in [4.78, 5) is 4.94. The van der Waals surface area contributed by atoms with Crippen LogP contribution in [0.25, 0.3) is 0 Å². The van der Waals surface area contributed by atoms with E-state index in [1.165, 1.54) is 11.5 Å². The Bertz CT molecular complexity index is 336. The van der Waals surface area contributed by atoms with Crippen LogP contribution in [0.2, 0.25) is 0 Å². The van der Waals surface area contributed by atoms with E-state index in [-0.39, 0.29) is 5.41 Å². The fraction of sp³-hybridized carbons (Fsp3) is 0.625. The normalized spacial score (nSPS) is 13.1. The van der Waals surface area contributed by atoms with Crippen LogP contribution in [0.5, 0.6) is 0 Å². The molecular formula is C8H15N5S. The molecule has 0 aliphatic carbocycles. The number of nitrogens with zero attached hydrogens (tertiary/aromatic N) is 3. The molecule has 0 radical (unpaired) electrons. The van der Waals surface area contributed by atoms with Crippen molar-refractivity contribution in [3.8, 4) is 0 Å². The number of rotatable bonds is 1. The van der Waals surface area contributed by atoms with Crippen LogP contribution >= 0.6 is 11.5 Å². The molecule has 0 fully saturated rings. The first kappa shape index (κ1) is 11.1. The predicted molar refractivity (Wildman–Crippen MR) is 58.4 cm³/mol. The summed E-state index contributed by atoms with van der Waals surface area (Å²) in [7, 11) is 1.68. The lowest BCUT2D eigenvalue weighted by molar-refractivity contribution is 0.565. The number of aromatic nitrogens is 2. The van der Waals surface area contributed by atoms with Crippen molar-refractivity contribution < 1.29 is 0 Å². The van der Waals surface area contributed by atoms with Gasteiger partial charge in [-0.25, -0.2) is 5.84 Å². The average molecular weight is 213 g/mol. The van der Waals surface area contributed by atoms with Crippen LogP contribution < -0.4 is 11.3 Å². The summed E-state index contributed by atoms with van der Waals surface area (Å²) in [5, 5.41) is 4.10. The summed E-state index contributed by atoms with van der Waals surface area (Å²) in [6, 6.07) is 0. The topological polar surface area (TPSA) is 76.2 Å². The van der Waals surface area contributed by atoms with Crippen molar-refractivity contribution in [1.29, 1.82) is 0 Å². The summed E-state index contributed by atoms with van der Waals surface area (Å²) in [6.45, 7) is 6.24. The molecule has 1 rings (SSSR count). The Kier molecular flexibility index (Phi) is 3.17. The summed E-state index contributed by atoms with van der Waals surface area (Å²) in [5.41, 5.74) is 3.42. The molecule has 0 atom stereocenters. The molecule has 0 spiro atoms. The summed E-state index contributed by atoms with van der Waals surface area (Å²) in [6.07, 6.45) is 0. The van der Waals surface area contributed by atoms with Crippen LogP contribution in [0.4, 0.5) is 0 Å².